The molecule has 0 radical (unpaired) electrons. The van der Waals surface area contributed by atoms with Gasteiger partial charge in [0.2, 0.25) is 11.8 Å². The van der Waals surface area contributed by atoms with Crippen LogP contribution in [0, 0.1) is 17.8 Å². The molecule has 0 aromatic heterocycles. The third-order valence-electron chi connectivity index (χ3n) is 3.62. The zero-order valence-electron chi connectivity index (χ0n) is 10.1. The Balaban J connectivity index is 1.62. The predicted molar refractivity (Wildman–Crippen MR) is 64.0 cm³/mol. The molecule has 0 aromatic rings. The van der Waals surface area contributed by atoms with Crippen molar-refractivity contribution < 1.29 is 9.59 Å². The molecule has 0 saturated heterocycles. The summed E-state index contributed by atoms with van der Waals surface area (Å²) in [6, 6.07) is 0. The van der Waals surface area contributed by atoms with E-state index in [1.807, 2.05) is 0 Å². The zero-order chi connectivity index (χ0) is 12.3. The lowest BCUT2D eigenvalue weighted by Crippen LogP contribution is -2.41. The van der Waals surface area contributed by atoms with Crippen molar-refractivity contribution in [2.75, 3.05) is 19.6 Å². The number of carbonyl (C=O) groups excluding carboxylic acids is 2. The smallest absolute Gasteiger partial charge is 0.239 e. The summed E-state index contributed by atoms with van der Waals surface area (Å²) in [5.74, 6) is 1.94. The average molecular weight is 239 g/mol. The second-order valence-electron chi connectivity index (χ2n) is 5.12. The third kappa shape index (κ3) is 4.00. The molecule has 2 amide bonds. The highest BCUT2D eigenvalue weighted by atomic mass is 16.2. The van der Waals surface area contributed by atoms with Crippen molar-refractivity contribution in [1.82, 2.24) is 10.6 Å². The molecule has 0 aromatic carbocycles. The van der Waals surface area contributed by atoms with Gasteiger partial charge in [0.25, 0.3) is 0 Å². The maximum Gasteiger partial charge on any atom is 0.239 e. The molecule has 17 heavy (non-hydrogen) atoms. The summed E-state index contributed by atoms with van der Waals surface area (Å²) in [6.45, 7) is 0.741. The van der Waals surface area contributed by atoms with Gasteiger partial charge in [-0.3, -0.25) is 9.59 Å². The highest BCUT2D eigenvalue weighted by molar-refractivity contribution is 5.85. The molecule has 0 atom stereocenters. The van der Waals surface area contributed by atoms with Gasteiger partial charge in [0.15, 0.2) is 0 Å². The normalized spacial score (nSPS) is 19.2. The molecule has 2 aliphatic carbocycles. The maximum atomic E-state index is 11.5. The van der Waals surface area contributed by atoms with Gasteiger partial charge in [-0.2, -0.15) is 0 Å². The van der Waals surface area contributed by atoms with E-state index in [4.69, 9.17) is 5.73 Å². The minimum Gasteiger partial charge on any atom is -0.354 e. The Morgan fingerprint density at radius 3 is 2.12 bits per heavy atom. The van der Waals surface area contributed by atoms with Crippen molar-refractivity contribution in [1.29, 1.82) is 0 Å². The molecule has 0 aliphatic heterocycles. The minimum absolute atomic E-state index is 0.0398. The zero-order valence-corrected chi connectivity index (χ0v) is 10.1. The minimum atomic E-state index is -0.291. The largest absolute Gasteiger partial charge is 0.354 e. The first kappa shape index (κ1) is 12.4. The first-order valence-electron chi connectivity index (χ1n) is 6.44. The van der Waals surface area contributed by atoms with Crippen LogP contribution in [-0.4, -0.2) is 31.4 Å². The fraction of sp³-hybridized carbons (Fsp3) is 0.833. The van der Waals surface area contributed by atoms with Gasteiger partial charge >= 0.3 is 0 Å². The molecular weight excluding hydrogens is 218 g/mol. The van der Waals surface area contributed by atoms with Gasteiger partial charge in [-0.25, -0.2) is 0 Å². The number of rotatable bonds is 7. The molecule has 0 bridgehead atoms. The second-order valence-corrected chi connectivity index (χ2v) is 5.12. The van der Waals surface area contributed by atoms with Crippen molar-refractivity contribution >= 4 is 11.8 Å². The van der Waals surface area contributed by atoms with Gasteiger partial charge in [-0.1, -0.05) is 0 Å². The summed E-state index contributed by atoms with van der Waals surface area (Å²) in [7, 11) is 0. The molecule has 4 N–H and O–H groups in total. The number of carbonyl (C=O) groups is 2. The van der Waals surface area contributed by atoms with Gasteiger partial charge < -0.3 is 16.4 Å². The fourth-order valence-corrected chi connectivity index (χ4v) is 2.31. The summed E-state index contributed by atoms with van der Waals surface area (Å²) in [6.07, 6.45) is 5.28. The number of nitrogens with one attached hydrogen (secondary N) is 2. The van der Waals surface area contributed by atoms with Gasteiger partial charge in [0.05, 0.1) is 13.1 Å². The van der Waals surface area contributed by atoms with Crippen LogP contribution in [0.15, 0.2) is 0 Å². The van der Waals surface area contributed by atoms with Crippen molar-refractivity contribution in [2.24, 2.45) is 23.5 Å². The second kappa shape index (κ2) is 5.49. The molecule has 5 heteroatoms. The van der Waals surface area contributed by atoms with Crippen molar-refractivity contribution in [3.63, 3.8) is 0 Å². The van der Waals surface area contributed by atoms with Crippen LogP contribution in [0.4, 0.5) is 0 Å². The van der Waals surface area contributed by atoms with E-state index in [0.29, 0.717) is 5.92 Å². The molecule has 5 nitrogen and oxygen atoms in total. The van der Waals surface area contributed by atoms with Gasteiger partial charge in [0.1, 0.15) is 0 Å². The van der Waals surface area contributed by atoms with Crippen LogP contribution in [0.2, 0.25) is 0 Å². The van der Waals surface area contributed by atoms with E-state index in [9.17, 15) is 9.59 Å². The molecule has 0 spiro atoms. The predicted octanol–water partition coefficient (Wildman–Crippen LogP) is -0.386. The SMILES string of the molecule is NCC(=O)NCC(=O)NCC(C1CC1)C1CC1. The lowest BCUT2D eigenvalue weighted by atomic mass is 9.98. The van der Waals surface area contributed by atoms with E-state index in [2.05, 4.69) is 10.6 Å². The van der Waals surface area contributed by atoms with Crippen LogP contribution in [0.1, 0.15) is 25.7 Å². The van der Waals surface area contributed by atoms with Crippen molar-refractivity contribution in [3.8, 4) is 0 Å². The maximum absolute atomic E-state index is 11.5. The van der Waals surface area contributed by atoms with Crippen molar-refractivity contribution in [3.05, 3.63) is 0 Å². The Kier molecular flexibility index (Phi) is 3.99. The fourth-order valence-electron chi connectivity index (χ4n) is 2.31. The summed E-state index contributed by atoms with van der Waals surface area (Å²) in [4.78, 5) is 22.4. The van der Waals surface area contributed by atoms with Gasteiger partial charge in [-0.05, 0) is 43.4 Å². The molecule has 2 aliphatic rings. The summed E-state index contributed by atoms with van der Waals surface area (Å²) in [5, 5.41) is 5.38. The molecule has 0 unspecified atom stereocenters. The van der Waals surface area contributed by atoms with Crippen LogP contribution in [0.3, 0.4) is 0 Å². The number of hydrogen-bond acceptors (Lipinski definition) is 3. The lowest BCUT2D eigenvalue weighted by Gasteiger charge is -2.16. The van der Waals surface area contributed by atoms with Crippen LogP contribution >= 0.6 is 0 Å². The summed E-state index contributed by atoms with van der Waals surface area (Å²) >= 11 is 0. The number of hydrogen-bond donors (Lipinski definition) is 3. The van der Waals surface area contributed by atoms with Crippen LogP contribution in [-0.2, 0) is 9.59 Å². The molecule has 0 heterocycles. The van der Waals surface area contributed by atoms with Crippen molar-refractivity contribution in [2.45, 2.75) is 25.7 Å². The molecular formula is C12H21N3O2. The molecule has 2 fully saturated rings. The van der Waals surface area contributed by atoms with E-state index in [-0.39, 0.29) is 24.9 Å². The molecule has 2 saturated carbocycles. The van der Waals surface area contributed by atoms with E-state index < -0.39 is 0 Å². The van der Waals surface area contributed by atoms with Gasteiger partial charge in [-0.15, -0.1) is 0 Å². The Labute approximate surface area is 102 Å². The summed E-state index contributed by atoms with van der Waals surface area (Å²) in [5.41, 5.74) is 5.13. The highest BCUT2D eigenvalue weighted by Crippen LogP contribution is 2.48. The quantitative estimate of drug-likeness (QED) is 0.566. The monoisotopic (exact) mass is 239 g/mol. The Hall–Kier alpha value is -1.10. The topological polar surface area (TPSA) is 84.2 Å². The highest BCUT2D eigenvalue weighted by Gasteiger charge is 2.41. The van der Waals surface area contributed by atoms with E-state index in [1.165, 1.54) is 25.7 Å². The summed E-state index contributed by atoms with van der Waals surface area (Å²) < 4.78 is 0. The molecule has 2 rings (SSSR count). The molecule has 96 valence electrons. The lowest BCUT2D eigenvalue weighted by molar-refractivity contribution is -0.125. The van der Waals surface area contributed by atoms with Crippen LogP contribution in [0.5, 0.6) is 0 Å². The Bertz CT molecular complexity index is 286. The van der Waals surface area contributed by atoms with E-state index >= 15 is 0 Å². The Morgan fingerprint density at radius 2 is 1.65 bits per heavy atom. The first-order chi connectivity index (χ1) is 8.20. The van der Waals surface area contributed by atoms with Crippen LogP contribution < -0.4 is 16.4 Å². The van der Waals surface area contributed by atoms with E-state index in [1.54, 1.807) is 0 Å². The van der Waals surface area contributed by atoms with Gasteiger partial charge in [0, 0.05) is 6.54 Å². The third-order valence-corrected chi connectivity index (χ3v) is 3.62. The van der Waals surface area contributed by atoms with E-state index in [0.717, 1.165) is 18.4 Å². The Morgan fingerprint density at radius 1 is 1.06 bits per heavy atom. The number of amides is 2. The number of nitrogens with two attached hydrogens (primary N) is 1. The average Bonchev–Trinajstić information content (AvgIpc) is 3.16. The standard InChI is InChI=1S/C12H21N3O2/c13-5-11(16)15-7-12(17)14-6-10(8-1-2-8)9-3-4-9/h8-10H,1-7,13H2,(H,14,17)(H,15,16). The van der Waals surface area contributed by atoms with Crippen LogP contribution in [0.25, 0.3) is 0 Å². The first-order valence-corrected chi connectivity index (χ1v) is 6.44.